The predicted molar refractivity (Wildman–Crippen MR) is 227 cm³/mol. The highest BCUT2D eigenvalue weighted by Crippen LogP contribution is 2.39. The Kier molecular flexibility index (Phi) is 12.7. The average molecular weight is 943 g/mol. The van der Waals surface area contributed by atoms with Crippen LogP contribution in [-0.2, 0) is 42.5 Å². The molecule has 4 amide bonds. The van der Waals surface area contributed by atoms with Crippen molar-refractivity contribution in [2.24, 2.45) is 0 Å². The Hall–Kier alpha value is -5.35. The average Bonchev–Trinajstić information content (AvgIpc) is 3.60. The molecule has 4 aromatic carbocycles. The maximum absolute atomic E-state index is 16.0. The number of anilines is 1. The topological polar surface area (TPSA) is 182 Å². The molecule has 5 aliphatic rings. The van der Waals surface area contributed by atoms with Crippen LogP contribution in [0.3, 0.4) is 0 Å². The maximum Gasteiger partial charge on any atom is 0.501 e. The lowest BCUT2D eigenvalue weighted by atomic mass is 9.86. The molecule has 0 aliphatic carbocycles. The number of carbonyl (C=O) groups excluding carboxylic acids is 4. The monoisotopic (exact) mass is 942 g/mol. The summed E-state index contributed by atoms with van der Waals surface area (Å²) in [5.41, 5.74) is -5.49. The number of rotatable bonds is 15. The molecule has 4 saturated heterocycles. The van der Waals surface area contributed by atoms with Gasteiger partial charge in [-0.15, -0.1) is 11.8 Å². The minimum Gasteiger partial charge on any atom is -0.380 e. The molecular weight excluding hydrogens is 901 g/mol. The van der Waals surface area contributed by atoms with Crippen LogP contribution in [-0.4, -0.2) is 110 Å². The van der Waals surface area contributed by atoms with Crippen LogP contribution >= 0.6 is 11.8 Å². The standard InChI is InChI=1S/C43H42F4N6O8S3/c44-39-27(11-13-33-34(39)24-53(42(33)57)36-15-16-38(54)49-41(36)56)21-52-29-19-30(52)23-51(22-29)18-17-28(25-62-31-9-5-2-6-10-31)48-35-14-12-32(20-37(35)63(58,59)43(45,46)47)64(60,61)50-40(55)26-7-3-1-4-8-26/h1-14,20,28-30,36,48H,15-19,21-25H2,(H,50,55)(H,49,54,56)/t28-,29?,30?,36?/m1/s1. The Morgan fingerprint density at radius 1 is 0.906 bits per heavy atom. The minimum absolute atomic E-state index is 0.0433. The van der Waals surface area contributed by atoms with E-state index in [1.807, 2.05) is 30.3 Å². The molecule has 2 bridgehead atoms. The second-order valence-corrected chi connectivity index (χ2v) is 20.8. The van der Waals surface area contributed by atoms with E-state index in [1.54, 1.807) is 22.9 Å². The van der Waals surface area contributed by atoms with Crippen molar-refractivity contribution in [2.45, 2.75) is 83.1 Å². The molecule has 9 rings (SSSR count). The number of alkyl halides is 3. The first-order valence-corrected chi connectivity index (χ1v) is 24.3. The third kappa shape index (κ3) is 9.26. The van der Waals surface area contributed by atoms with Crippen molar-refractivity contribution in [3.8, 4) is 0 Å². The van der Waals surface area contributed by atoms with Gasteiger partial charge in [-0.1, -0.05) is 42.5 Å². The van der Waals surface area contributed by atoms with E-state index in [9.17, 15) is 49.2 Å². The SMILES string of the molecule is O=C1CCC(N2Cc3c(ccc(CN4C5CC4CN(CC[C@H](CSc4ccccc4)Nc4ccc(S(=O)(=O)NC(=O)c6ccccc6)cc4S(=O)(=O)C(F)(F)F)C5)c3F)C2=O)C(=O)N1. The lowest BCUT2D eigenvalue weighted by Crippen LogP contribution is -2.68. The Balaban J connectivity index is 0.958. The molecule has 5 heterocycles. The van der Waals surface area contributed by atoms with Crippen LogP contribution in [0.5, 0.6) is 0 Å². The number of thioether (sulfide) groups is 1. The Morgan fingerprint density at radius 3 is 2.27 bits per heavy atom. The van der Waals surface area contributed by atoms with E-state index in [0.717, 1.165) is 23.4 Å². The number of benzene rings is 4. The molecule has 0 aromatic heterocycles. The summed E-state index contributed by atoms with van der Waals surface area (Å²) in [5, 5.41) is 5.22. The van der Waals surface area contributed by atoms with Crippen LogP contribution in [0.2, 0.25) is 0 Å². The fourth-order valence-electron chi connectivity index (χ4n) is 8.62. The van der Waals surface area contributed by atoms with E-state index in [-0.39, 0.29) is 60.5 Å². The van der Waals surface area contributed by atoms with Gasteiger partial charge in [0.15, 0.2) is 0 Å². The lowest BCUT2D eigenvalue weighted by Gasteiger charge is -2.56. The van der Waals surface area contributed by atoms with Gasteiger partial charge in [-0.25, -0.2) is 25.9 Å². The van der Waals surface area contributed by atoms with Crippen molar-refractivity contribution in [3.05, 3.63) is 119 Å². The Morgan fingerprint density at radius 2 is 1.59 bits per heavy atom. The first kappa shape index (κ1) is 45.2. The van der Waals surface area contributed by atoms with Gasteiger partial charge in [0.05, 0.1) is 17.1 Å². The van der Waals surface area contributed by atoms with E-state index in [2.05, 4.69) is 20.4 Å². The van der Waals surface area contributed by atoms with Gasteiger partial charge in [0.1, 0.15) is 16.8 Å². The molecule has 4 aromatic rings. The zero-order valence-corrected chi connectivity index (χ0v) is 36.3. The van der Waals surface area contributed by atoms with Gasteiger partial charge >= 0.3 is 5.51 Å². The van der Waals surface area contributed by atoms with E-state index in [0.29, 0.717) is 37.7 Å². The van der Waals surface area contributed by atoms with E-state index < -0.39 is 82.4 Å². The third-order valence-electron chi connectivity index (χ3n) is 12.0. The summed E-state index contributed by atoms with van der Waals surface area (Å²) < 4.78 is 113. The van der Waals surface area contributed by atoms with Crippen LogP contribution in [0.15, 0.2) is 106 Å². The summed E-state index contributed by atoms with van der Waals surface area (Å²) in [6.45, 7) is 1.85. The molecule has 4 fully saturated rings. The number of imide groups is 1. The van der Waals surface area contributed by atoms with Crippen LogP contribution in [0, 0.1) is 5.82 Å². The van der Waals surface area contributed by atoms with Crippen molar-refractivity contribution in [1.29, 1.82) is 0 Å². The van der Waals surface area contributed by atoms with Gasteiger partial charge in [-0.3, -0.25) is 29.4 Å². The van der Waals surface area contributed by atoms with Crippen molar-refractivity contribution < 1.29 is 53.6 Å². The third-order valence-corrected chi connectivity index (χ3v) is 16.0. The fourth-order valence-corrected chi connectivity index (χ4v) is 11.6. The van der Waals surface area contributed by atoms with Gasteiger partial charge in [-0.2, -0.15) is 13.2 Å². The fraction of sp³-hybridized carbons (Fsp3) is 0.349. The lowest BCUT2D eigenvalue weighted by molar-refractivity contribution is -0.136. The summed E-state index contributed by atoms with van der Waals surface area (Å²) in [5.74, 6) is -2.75. The Bertz CT molecular complexity index is 2700. The summed E-state index contributed by atoms with van der Waals surface area (Å²) in [6.07, 6.45) is 1.44. The molecule has 0 spiro atoms. The number of piperidine rings is 2. The van der Waals surface area contributed by atoms with Crippen molar-refractivity contribution in [1.82, 2.24) is 24.7 Å². The molecule has 14 nitrogen and oxygen atoms in total. The highest BCUT2D eigenvalue weighted by Gasteiger charge is 2.49. The number of fused-ring (bicyclic) bond motifs is 3. The first-order chi connectivity index (χ1) is 30.4. The summed E-state index contributed by atoms with van der Waals surface area (Å²) in [4.78, 5) is 54.4. The molecule has 64 heavy (non-hydrogen) atoms. The number of amides is 4. The van der Waals surface area contributed by atoms with Crippen molar-refractivity contribution in [3.63, 3.8) is 0 Å². The number of nitrogens with one attached hydrogen (secondary N) is 3. The van der Waals surface area contributed by atoms with E-state index in [4.69, 9.17) is 0 Å². The number of sulfone groups is 1. The zero-order valence-electron chi connectivity index (χ0n) is 33.9. The molecule has 4 atom stereocenters. The van der Waals surface area contributed by atoms with E-state index >= 15 is 4.39 Å². The van der Waals surface area contributed by atoms with Crippen LogP contribution in [0.4, 0.5) is 23.2 Å². The second kappa shape index (κ2) is 17.9. The van der Waals surface area contributed by atoms with Crippen molar-refractivity contribution >= 4 is 60.9 Å². The maximum atomic E-state index is 16.0. The van der Waals surface area contributed by atoms with Gasteiger partial charge in [0.25, 0.3) is 31.7 Å². The molecule has 3 N–H and O–H groups in total. The zero-order chi connectivity index (χ0) is 45.6. The van der Waals surface area contributed by atoms with Gasteiger partial charge in [0.2, 0.25) is 11.8 Å². The quantitative estimate of drug-likeness (QED) is 0.0833. The largest absolute Gasteiger partial charge is 0.501 e. The number of piperazine rings is 1. The summed E-state index contributed by atoms with van der Waals surface area (Å²) >= 11 is 1.40. The van der Waals surface area contributed by atoms with Gasteiger partial charge < -0.3 is 15.1 Å². The Labute approximate surface area is 370 Å². The highest BCUT2D eigenvalue weighted by atomic mass is 32.2. The molecule has 21 heteroatoms. The molecule has 0 radical (unpaired) electrons. The summed E-state index contributed by atoms with van der Waals surface area (Å²) in [7, 11) is -10.9. The van der Waals surface area contributed by atoms with Crippen LogP contribution in [0.1, 0.15) is 57.5 Å². The number of hydrogen-bond donors (Lipinski definition) is 3. The number of halogens is 4. The second-order valence-electron chi connectivity index (χ2n) is 16.1. The minimum atomic E-state index is -6.11. The van der Waals surface area contributed by atoms with Crippen LogP contribution in [0.25, 0.3) is 0 Å². The van der Waals surface area contributed by atoms with Crippen molar-refractivity contribution in [2.75, 3.05) is 30.7 Å². The summed E-state index contributed by atoms with van der Waals surface area (Å²) in [6, 6.07) is 20.5. The highest BCUT2D eigenvalue weighted by molar-refractivity contribution is 7.99. The van der Waals surface area contributed by atoms with E-state index in [1.165, 1.54) is 40.9 Å². The molecular formula is C43H42F4N6O8S3. The molecule has 0 saturated carbocycles. The number of sulfonamides is 1. The number of nitrogens with zero attached hydrogens (tertiary/aromatic N) is 3. The molecule has 338 valence electrons. The van der Waals surface area contributed by atoms with Crippen LogP contribution < -0.4 is 15.4 Å². The molecule has 3 unspecified atom stereocenters. The number of hydrogen-bond acceptors (Lipinski definition) is 12. The normalized spacial score (nSPS) is 20.9. The van der Waals surface area contributed by atoms with Gasteiger partial charge in [-0.05, 0) is 67.8 Å². The predicted octanol–water partition coefficient (Wildman–Crippen LogP) is 4.92. The first-order valence-electron chi connectivity index (χ1n) is 20.3. The number of carbonyl (C=O) groups is 4. The smallest absolute Gasteiger partial charge is 0.380 e. The molecule has 5 aliphatic heterocycles. The van der Waals surface area contributed by atoms with Gasteiger partial charge in [0, 0.05) is 83.6 Å².